The Balaban J connectivity index is 1.81. The van der Waals surface area contributed by atoms with Gasteiger partial charge in [-0.2, -0.15) is 0 Å². The summed E-state index contributed by atoms with van der Waals surface area (Å²) >= 11 is 0. The number of rotatable bonds is 7. The average Bonchev–Trinajstić information content (AvgIpc) is 2.71. The van der Waals surface area contributed by atoms with Crippen molar-refractivity contribution < 1.29 is 9.53 Å². The normalized spacial score (nSPS) is 10.4. The van der Waals surface area contributed by atoms with Crippen molar-refractivity contribution in [1.29, 1.82) is 0 Å². The summed E-state index contributed by atoms with van der Waals surface area (Å²) in [7, 11) is 0. The quantitative estimate of drug-likeness (QED) is 0.584. The summed E-state index contributed by atoms with van der Waals surface area (Å²) in [6.45, 7) is 6.63. The van der Waals surface area contributed by atoms with Gasteiger partial charge in [0, 0.05) is 11.9 Å². The number of hydrogen-bond donors (Lipinski definition) is 2. The Morgan fingerprint density at radius 3 is 2.68 bits per heavy atom. The molecule has 2 N–H and O–H groups in total. The van der Waals surface area contributed by atoms with E-state index in [-0.39, 0.29) is 5.91 Å². The Morgan fingerprint density at radius 2 is 1.89 bits per heavy atom. The number of ether oxygens (including phenoxy) is 1. The molecule has 3 aromatic rings. The van der Waals surface area contributed by atoms with Crippen LogP contribution in [0.1, 0.15) is 35.3 Å². The Hall–Kier alpha value is -3.34. The third kappa shape index (κ3) is 4.49. The molecule has 3 rings (SSSR count). The van der Waals surface area contributed by atoms with Gasteiger partial charge in [-0.25, -0.2) is 0 Å². The van der Waals surface area contributed by atoms with E-state index in [0.717, 1.165) is 23.4 Å². The molecule has 0 aliphatic heterocycles. The molecule has 0 unspecified atom stereocenters. The summed E-state index contributed by atoms with van der Waals surface area (Å²) in [6, 6.07) is 15.4. The Labute approximate surface area is 165 Å². The fraction of sp³-hybridized carbons (Fsp3) is 0.217. The third-order valence-corrected chi connectivity index (χ3v) is 4.44. The second-order valence-electron chi connectivity index (χ2n) is 6.43. The highest BCUT2D eigenvalue weighted by Gasteiger charge is 2.12. The van der Waals surface area contributed by atoms with E-state index in [1.54, 1.807) is 18.5 Å². The fourth-order valence-electron chi connectivity index (χ4n) is 3.02. The van der Waals surface area contributed by atoms with Crippen molar-refractivity contribution in [2.24, 2.45) is 0 Å². The predicted molar refractivity (Wildman–Crippen MR) is 114 cm³/mol. The predicted octanol–water partition coefficient (Wildman–Crippen LogP) is 5.35. The van der Waals surface area contributed by atoms with Gasteiger partial charge >= 0.3 is 0 Å². The minimum atomic E-state index is -0.233. The SMILES string of the molecule is CCOc1ccccc1NC(=O)c1cncc(Nc2c(C)cccc2CC)c1. The van der Waals surface area contributed by atoms with Gasteiger partial charge in [-0.15, -0.1) is 0 Å². The van der Waals surface area contributed by atoms with Crippen LogP contribution in [0.3, 0.4) is 0 Å². The van der Waals surface area contributed by atoms with Gasteiger partial charge in [-0.3, -0.25) is 9.78 Å². The number of carbonyl (C=O) groups excluding carboxylic acids is 1. The van der Waals surface area contributed by atoms with Gasteiger partial charge in [0.2, 0.25) is 0 Å². The smallest absolute Gasteiger partial charge is 0.257 e. The molecule has 0 aliphatic rings. The number of aromatic nitrogens is 1. The number of hydrogen-bond acceptors (Lipinski definition) is 4. The highest BCUT2D eigenvalue weighted by Crippen LogP contribution is 2.27. The zero-order chi connectivity index (χ0) is 19.9. The minimum Gasteiger partial charge on any atom is -0.492 e. The monoisotopic (exact) mass is 375 g/mol. The van der Waals surface area contributed by atoms with Crippen LogP contribution in [0, 0.1) is 6.92 Å². The number of nitrogens with one attached hydrogen (secondary N) is 2. The molecule has 144 valence electrons. The molecule has 0 radical (unpaired) electrons. The molecule has 0 spiro atoms. The maximum Gasteiger partial charge on any atom is 0.257 e. The molecular weight excluding hydrogens is 350 g/mol. The summed E-state index contributed by atoms with van der Waals surface area (Å²) in [5.41, 5.74) is 5.32. The highest BCUT2D eigenvalue weighted by atomic mass is 16.5. The van der Waals surface area contributed by atoms with Crippen LogP contribution in [-0.4, -0.2) is 17.5 Å². The molecule has 1 heterocycles. The van der Waals surface area contributed by atoms with Gasteiger partial charge < -0.3 is 15.4 Å². The lowest BCUT2D eigenvalue weighted by Gasteiger charge is -2.15. The van der Waals surface area contributed by atoms with Crippen molar-refractivity contribution >= 4 is 23.0 Å². The molecule has 1 aromatic heterocycles. The molecule has 0 fully saturated rings. The summed E-state index contributed by atoms with van der Waals surface area (Å²) in [5.74, 6) is 0.414. The number of carbonyl (C=O) groups is 1. The zero-order valence-electron chi connectivity index (χ0n) is 16.5. The maximum atomic E-state index is 12.7. The summed E-state index contributed by atoms with van der Waals surface area (Å²) in [5, 5.41) is 6.32. The number of amides is 1. The maximum absolute atomic E-state index is 12.7. The van der Waals surface area contributed by atoms with Crippen LogP contribution in [-0.2, 0) is 6.42 Å². The molecule has 0 saturated heterocycles. The molecule has 2 aromatic carbocycles. The van der Waals surface area contributed by atoms with E-state index < -0.39 is 0 Å². The number of anilines is 3. The topological polar surface area (TPSA) is 63.2 Å². The Morgan fingerprint density at radius 1 is 1.07 bits per heavy atom. The largest absolute Gasteiger partial charge is 0.492 e. The van der Waals surface area contributed by atoms with Crippen LogP contribution in [0.25, 0.3) is 0 Å². The van der Waals surface area contributed by atoms with Gasteiger partial charge in [0.15, 0.2) is 0 Å². The Bertz CT molecular complexity index is 970. The molecule has 5 heteroatoms. The second-order valence-corrected chi connectivity index (χ2v) is 6.43. The average molecular weight is 375 g/mol. The van der Waals surface area contributed by atoms with Gasteiger partial charge in [0.05, 0.1) is 29.7 Å². The van der Waals surface area contributed by atoms with Crippen molar-refractivity contribution in [2.75, 3.05) is 17.2 Å². The van der Waals surface area contributed by atoms with E-state index in [1.165, 1.54) is 5.56 Å². The lowest BCUT2D eigenvalue weighted by Crippen LogP contribution is -2.13. The van der Waals surface area contributed by atoms with Crippen LogP contribution < -0.4 is 15.4 Å². The highest BCUT2D eigenvalue weighted by molar-refractivity contribution is 6.05. The molecule has 1 amide bonds. The van der Waals surface area contributed by atoms with Crippen molar-refractivity contribution in [2.45, 2.75) is 27.2 Å². The number of pyridine rings is 1. The Kier molecular flexibility index (Phi) is 6.27. The van der Waals surface area contributed by atoms with Crippen molar-refractivity contribution in [3.05, 3.63) is 77.6 Å². The number of nitrogens with zero attached hydrogens (tertiary/aromatic N) is 1. The number of aryl methyl sites for hydroxylation is 2. The van der Waals surface area contributed by atoms with Crippen LogP contribution in [0.15, 0.2) is 60.9 Å². The van der Waals surface area contributed by atoms with Gasteiger partial charge in [0.25, 0.3) is 5.91 Å². The zero-order valence-corrected chi connectivity index (χ0v) is 16.5. The van der Waals surface area contributed by atoms with E-state index in [2.05, 4.69) is 47.7 Å². The fourth-order valence-corrected chi connectivity index (χ4v) is 3.02. The standard InChI is InChI=1S/C23H25N3O2/c1-4-17-10-8-9-16(3)22(17)25-19-13-18(14-24-15-19)23(27)26-20-11-6-7-12-21(20)28-5-2/h6-15,25H,4-5H2,1-3H3,(H,26,27). The van der Waals surface area contributed by atoms with E-state index in [9.17, 15) is 4.79 Å². The van der Waals surface area contributed by atoms with Crippen molar-refractivity contribution in [1.82, 2.24) is 4.98 Å². The number of para-hydroxylation sites is 3. The first-order chi connectivity index (χ1) is 13.6. The van der Waals surface area contributed by atoms with E-state index in [0.29, 0.717) is 23.6 Å². The summed E-state index contributed by atoms with van der Waals surface area (Å²) in [4.78, 5) is 17.0. The third-order valence-electron chi connectivity index (χ3n) is 4.44. The molecule has 0 aliphatic carbocycles. The molecule has 0 bridgehead atoms. The minimum absolute atomic E-state index is 0.233. The van der Waals surface area contributed by atoms with E-state index in [4.69, 9.17) is 4.74 Å². The second kappa shape index (κ2) is 9.04. The summed E-state index contributed by atoms with van der Waals surface area (Å²) < 4.78 is 5.57. The van der Waals surface area contributed by atoms with Crippen LogP contribution in [0.5, 0.6) is 5.75 Å². The lowest BCUT2D eigenvalue weighted by atomic mass is 10.1. The molecular formula is C23H25N3O2. The summed E-state index contributed by atoms with van der Waals surface area (Å²) in [6.07, 6.45) is 4.20. The van der Waals surface area contributed by atoms with Crippen LogP contribution in [0.4, 0.5) is 17.1 Å². The first-order valence-electron chi connectivity index (χ1n) is 9.46. The molecule has 0 atom stereocenters. The van der Waals surface area contributed by atoms with E-state index in [1.807, 2.05) is 31.2 Å². The molecule has 5 nitrogen and oxygen atoms in total. The first kappa shape index (κ1) is 19.4. The lowest BCUT2D eigenvalue weighted by molar-refractivity contribution is 0.102. The van der Waals surface area contributed by atoms with Crippen molar-refractivity contribution in [3.8, 4) is 5.75 Å². The molecule has 28 heavy (non-hydrogen) atoms. The van der Waals surface area contributed by atoms with Crippen LogP contribution >= 0.6 is 0 Å². The van der Waals surface area contributed by atoms with Crippen molar-refractivity contribution in [3.63, 3.8) is 0 Å². The molecule has 0 saturated carbocycles. The van der Waals surface area contributed by atoms with Gasteiger partial charge in [0.1, 0.15) is 5.75 Å². The van der Waals surface area contributed by atoms with Gasteiger partial charge in [-0.1, -0.05) is 37.3 Å². The number of benzene rings is 2. The van der Waals surface area contributed by atoms with E-state index >= 15 is 0 Å². The van der Waals surface area contributed by atoms with Crippen LogP contribution in [0.2, 0.25) is 0 Å². The van der Waals surface area contributed by atoms with Gasteiger partial charge in [-0.05, 0) is 49.6 Å². The first-order valence-corrected chi connectivity index (χ1v) is 9.46.